The van der Waals surface area contributed by atoms with E-state index in [0.717, 1.165) is 41.2 Å². The smallest absolute Gasteiger partial charge is 0.123 e. The maximum absolute atomic E-state index is 13.1. The largest absolute Gasteiger partial charge is 0.304 e. The van der Waals surface area contributed by atoms with Crippen LogP contribution in [0, 0.1) is 12.7 Å². The third-order valence-corrected chi connectivity index (χ3v) is 5.33. The van der Waals surface area contributed by atoms with Crippen LogP contribution < -0.4 is 0 Å². The first-order valence-corrected chi connectivity index (χ1v) is 13.9. The summed E-state index contributed by atoms with van der Waals surface area (Å²) in [6.07, 6.45) is 12.3. The molecule has 0 aliphatic carbocycles. The molecule has 210 valence electrons. The van der Waals surface area contributed by atoms with Gasteiger partial charge in [-0.25, -0.2) is 9.37 Å². The van der Waals surface area contributed by atoms with Gasteiger partial charge in [-0.3, -0.25) is 0 Å². The van der Waals surface area contributed by atoms with E-state index in [1.54, 1.807) is 18.2 Å². The van der Waals surface area contributed by atoms with Crippen molar-refractivity contribution in [2.45, 2.75) is 87.0 Å². The predicted molar refractivity (Wildman–Crippen MR) is 170 cm³/mol. The number of aliphatic imine (C=N–C) groups is 1. The monoisotopic (exact) mass is 531 g/mol. The predicted octanol–water partition coefficient (Wildman–Crippen LogP) is 8.81. The number of carbonyl (C=O) groups is 1. The van der Waals surface area contributed by atoms with E-state index in [0.29, 0.717) is 0 Å². The number of carbonyl (C=O) groups excluding carboxylic acids is 1. The number of aryl methyl sites for hydroxylation is 2. The summed E-state index contributed by atoms with van der Waals surface area (Å²) in [6, 6.07) is 14.8. The Morgan fingerprint density at radius 2 is 1.56 bits per heavy atom. The number of rotatable bonds is 9. The van der Waals surface area contributed by atoms with Gasteiger partial charge in [0, 0.05) is 23.9 Å². The Labute approximate surface area is 237 Å². The van der Waals surface area contributed by atoms with Gasteiger partial charge in [-0.1, -0.05) is 82.7 Å². The van der Waals surface area contributed by atoms with Gasteiger partial charge in [0.25, 0.3) is 0 Å². The number of imidazole rings is 1. The molecular formula is C33H47BFN3O. The molecule has 2 aromatic carbocycles. The molecule has 39 heavy (non-hydrogen) atoms. The number of halogens is 1. The second-order valence-electron chi connectivity index (χ2n) is 8.94. The normalized spacial score (nSPS) is 9.95. The van der Waals surface area contributed by atoms with Crippen LogP contribution in [0.3, 0.4) is 0 Å². The van der Waals surface area contributed by atoms with E-state index >= 15 is 0 Å². The molecule has 3 aromatic rings. The van der Waals surface area contributed by atoms with Crippen LogP contribution >= 0.6 is 0 Å². The molecule has 0 N–H and O–H groups in total. The van der Waals surface area contributed by atoms with Crippen molar-refractivity contribution in [1.29, 1.82) is 0 Å². The Hall–Kier alpha value is -3.41. The molecule has 0 bridgehead atoms. The molecule has 0 saturated carbocycles. The molecule has 6 heteroatoms. The maximum Gasteiger partial charge on any atom is 0.123 e. The molecule has 3 rings (SSSR count). The molecule has 0 aliphatic rings. The van der Waals surface area contributed by atoms with Gasteiger partial charge in [0.2, 0.25) is 0 Å². The van der Waals surface area contributed by atoms with Crippen LogP contribution in [-0.2, 0) is 11.2 Å². The number of allylic oxidation sites excluding steroid dienone is 1. The summed E-state index contributed by atoms with van der Waals surface area (Å²) < 4.78 is 15.1. The molecule has 0 radical (unpaired) electrons. The molecule has 4 nitrogen and oxygen atoms in total. The number of benzene rings is 2. The summed E-state index contributed by atoms with van der Waals surface area (Å²) in [5, 5.41) is 0. The SMILES string of the molecule is C=C(C)N=CB=CC.CC=O.CCCCCCC.CCc1nc(-c2ccc(C)cc2)cn1-c1ccc(F)cc1. The van der Waals surface area contributed by atoms with Crippen molar-refractivity contribution in [3.8, 4) is 16.9 Å². The summed E-state index contributed by atoms with van der Waals surface area (Å²) in [7, 11) is 0. The topological polar surface area (TPSA) is 47.2 Å². The molecule has 0 atom stereocenters. The average molecular weight is 532 g/mol. The molecule has 0 fully saturated rings. The molecule has 0 aliphatic heterocycles. The van der Waals surface area contributed by atoms with E-state index < -0.39 is 0 Å². The average Bonchev–Trinajstić information content (AvgIpc) is 3.36. The maximum atomic E-state index is 13.1. The second kappa shape index (κ2) is 22.6. The molecule has 0 unspecified atom stereocenters. The summed E-state index contributed by atoms with van der Waals surface area (Å²) in [6.45, 7) is 19.3. The zero-order valence-corrected chi connectivity index (χ0v) is 25.1. The standard InChI is InChI=1S/C18H17FN2.C7H16.C6H10BN.C2H4O/c1-3-18-20-17(14-6-4-13(2)5-7-14)12-21(18)16-10-8-15(19)9-11-16;1-3-5-7-6-4-2;1-4-7-5-8-6(2)3;1-2-3/h4-12H,3H2,1-2H3;3-7H2,1-2H3;4-5H,2H2,1,3H3;2H,1H3. The fraction of sp³-hybridized carbons (Fsp3) is 0.394. The summed E-state index contributed by atoms with van der Waals surface area (Å²) >= 11 is 0. The number of hydrogen-bond acceptors (Lipinski definition) is 3. The van der Waals surface area contributed by atoms with Crippen LogP contribution in [0.4, 0.5) is 4.39 Å². The van der Waals surface area contributed by atoms with Gasteiger partial charge in [0.15, 0.2) is 0 Å². The Balaban J connectivity index is 0.000000664. The molecule has 0 amide bonds. The third-order valence-electron chi connectivity index (χ3n) is 5.33. The minimum Gasteiger partial charge on any atom is -0.304 e. The van der Waals surface area contributed by atoms with Crippen molar-refractivity contribution in [2.24, 2.45) is 4.99 Å². The zero-order valence-electron chi connectivity index (χ0n) is 25.1. The third kappa shape index (κ3) is 16.2. The van der Waals surface area contributed by atoms with Gasteiger partial charge in [0.1, 0.15) is 17.9 Å². The van der Waals surface area contributed by atoms with Gasteiger partial charge in [-0.2, -0.15) is 0 Å². The second-order valence-corrected chi connectivity index (χ2v) is 8.94. The Morgan fingerprint density at radius 1 is 1.00 bits per heavy atom. The number of aromatic nitrogens is 2. The van der Waals surface area contributed by atoms with Crippen LogP contribution in [0.5, 0.6) is 0 Å². The first kappa shape index (κ1) is 35.6. The fourth-order valence-electron chi connectivity index (χ4n) is 3.29. The summed E-state index contributed by atoms with van der Waals surface area (Å²) in [5.74, 6) is 2.67. The quantitative estimate of drug-likeness (QED) is 0.120. The first-order valence-electron chi connectivity index (χ1n) is 13.9. The number of hydrogen-bond donors (Lipinski definition) is 0. The van der Waals surface area contributed by atoms with E-state index in [1.807, 2.05) is 37.5 Å². The van der Waals surface area contributed by atoms with Crippen molar-refractivity contribution in [1.82, 2.24) is 9.55 Å². The first-order chi connectivity index (χ1) is 18.8. The van der Waals surface area contributed by atoms with Crippen LogP contribution in [-0.4, -0.2) is 34.8 Å². The fourth-order valence-corrected chi connectivity index (χ4v) is 3.29. The number of aldehydes is 1. The van der Waals surface area contributed by atoms with Gasteiger partial charge in [0.05, 0.1) is 5.69 Å². The Bertz CT molecular complexity index is 1110. The van der Waals surface area contributed by atoms with E-state index in [1.165, 1.54) is 56.7 Å². The van der Waals surface area contributed by atoms with Crippen LogP contribution in [0.15, 0.2) is 72.0 Å². The van der Waals surface area contributed by atoms with Crippen molar-refractivity contribution in [3.63, 3.8) is 0 Å². The van der Waals surface area contributed by atoms with Crippen LogP contribution in [0.25, 0.3) is 16.9 Å². The molecule has 0 spiro atoms. The van der Waals surface area contributed by atoms with Crippen LogP contribution in [0.2, 0.25) is 0 Å². The van der Waals surface area contributed by atoms with Crippen molar-refractivity contribution < 1.29 is 9.18 Å². The van der Waals surface area contributed by atoms with Gasteiger partial charge >= 0.3 is 50.1 Å². The minimum atomic E-state index is -0.226. The van der Waals surface area contributed by atoms with Crippen LogP contribution in [0.1, 0.15) is 85.0 Å². The van der Waals surface area contributed by atoms with E-state index in [4.69, 9.17) is 9.78 Å². The van der Waals surface area contributed by atoms with Crippen molar-refractivity contribution in [2.75, 3.05) is 0 Å². The van der Waals surface area contributed by atoms with Crippen molar-refractivity contribution in [3.05, 3.63) is 84.2 Å². The Morgan fingerprint density at radius 3 is 2.03 bits per heavy atom. The molecule has 1 aromatic heterocycles. The Kier molecular flexibility index (Phi) is 20.6. The van der Waals surface area contributed by atoms with Gasteiger partial charge in [-0.15, -0.1) is 0 Å². The molecule has 0 saturated heterocycles. The number of nitrogens with zero attached hydrogens (tertiary/aromatic N) is 3. The molecular weight excluding hydrogens is 484 g/mol. The molecule has 1 heterocycles. The minimum absolute atomic E-state index is 0.226. The number of unbranched alkanes of at least 4 members (excludes halogenated alkanes) is 4. The van der Waals surface area contributed by atoms with Gasteiger partial charge in [-0.05, 0) is 38.1 Å². The van der Waals surface area contributed by atoms with Crippen molar-refractivity contribution >= 4 is 25.3 Å². The van der Waals surface area contributed by atoms with E-state index in [9.17, 15) is 4.39 Å². The van der Waals surface area contributed by atoms with E-state index in [2.05, 4.69) is 63.5 Å². The summed E-state index contributed by atoms with van der Waals surface area (Å²) in [5.41, 5.74) is 5.03. The van der Waals surface area contributed by atoms with Gasteiger partial charge < -0.3 is 9.36 Å². The summed E-state index contributed by atoms with van der Waals surface area (Å²) in [4.78, 5) is 17.4. The zero-order chi connectivity index (χ0) is 29.5. The van der Waals surface area contributed by atoms with E-state index in [-0.39, 0.29) is 5.82 Å².